The van der Waals surface area contributed by atoms with E-state index < -0.39 is 17.7 Å². The number of benzene rings is 1. The largest absolute Gasteiger partial charge is 0.441 e. The fourth-order valence-electron chi connectivity index (χ4n) is 1.51. The van der Waals surface area contributed by atoms with Crippen LogP contribution in [0.1, 0.15) is 31.9 Å². The SMILES string of the molecule is CC(C)(N)CC(OC(N)=O)c1ccccc1. The number of ether oxygens (including phenoxy) is 1. The number of primary amides is 1. The zero-order chi connectivity index (χ0) is 12.2. The molecule has 0 radical (unpaired) electrons. The number of amides is 1. The molecule has 0 bridgehead atoms. The molecule has 0 fully saturated rings. The first-order valence-electron chi connectivity index (χ1n) is 5.18. The molecular weight excluding hydrogens is 204 g/mol. The molecule has 0 saturated heterocycles. The van der Waals surface area contributed by atoms with Gasteiger partial charge in [0, 0.05) is 12.0 Å². The molecule has 0 spiro atoms. The Morgan fingerprint density at radius 2 is 1.94 bits per heavy atom. The van der Waals surface area contributed by atoms with E-state index in [4.69, 9.17) is 16.2 Å². The highest BCUT2D eigenvalue weighted by atomic mass is 16.6. The van der Waals surface area contributed by atoms with Crippen LogP contribution in [0.2, 0.25) is 0 Å². The van der Waals surface area contributed by atoms with Gasteiger partial charge >= 0.3 is 6.09 Å². The molecule has 4 heteroatoms. The summed E-state index contributed by atoms with van der Waals surface area (Å²) < 4.78 is 5.07. The van der Waals surface area contributed by atoms with Crippen molar-refractivity contribution in [1.29, 1.82) is 0 Å². The van der Waals surface area contributed by atoms with Gasteiger partial charge in [-0.05, 0) is 19.4 Å². The van der Waals surface area contributed by atoms with Crippen molar-refractivity contribution in [3.05, 3.63) is 35.9 Å². The van der Waals surface area contributed by atoms with Crippen LogP contribution in [0.5, 0.6) is 0 Å². The predicted molar refractivity (Wildman–Crippen MR) is 62.7 cm³/mol. The van der Waals surface area contributed by atoms with Crippen LogP contribution in [0.25, 0.3) is 0 Å². The summed E-state index contributed by atoms with van der Waals surface area (Å²) in [4.78, 5) is 10.8. The van der Waals surface area contributed by atoms with Crippen molar-refractivity contribution < 1.29 is 9.53 Å². The second kappa shape index (κ2) is 4.99. The van der Waals surface area contributed by atoms with Gasteiger partial charge in [-0.25, -0.2) is 4.79 Å². The highest BCUT2D eigenvalue weighted by Crippen LogP contribution is 2.25. The van der Waals surface area contributed by atoms with E-state index in [0.29, 0.717) is 6.42 Å². The van der Waals surface area contributed by atoms with Crippen LogP contribution in [0, 0.1) is 0 Å². The number of carbonyl (C=O) groups excluding carboxylic acids is 1. The van der Waals surface area contributed by atoms with Gasteiger partial charge in [0.1, 0.15) is 6.10 Å². The van der Waals surface area contributed by atoms with Gasteiger partial charge in [-0.15, -0.1) is 0 Å². The third kappa shape index (κ3) is 4.31. The molecule has 0 aliphatic carbocycles. The van der Waals surface area contributed by atoms with Gasteiger partial charge in [0.15, 0.2) is 0 Å². The van der Waals surface area contributed by atoms with Gasteiger partial charge in [-0.1, -0.05) is 30.3 Å². The van der Waals surface area contributed by atoms with Gasteiger partial charge in [0.25, 0.3) is 0 Å². The standard InChI is InChI=1S/C12H18N2O2/c1-12(2,14)8-10(16-11(13)15)9-6-4-3-5-7-9/h3-7,10H,8,14H2,1-2H3,(H2,13,15). The Hall–Kier alpha value is -1.55. The lowest BCUT2D eigenvalue weighted by atomic mass is 9.94. The number of hydrogen-bond acceptors (Lipinski definition) is 3. The average Bonchev–Trinajstić information content (AvgIpc) is 2.15. The summed E-state index contributed by atoms with van der Waals surface area (Å²) in [5.41, 5.74) is 11.4. The molecule has 1 rings (SSSR count). The monoisotopic (exact) mass is 222 g/mol. The minimum absolute atomic E-state index is 0.390. The quantitative estimate of drug-likeness (QED) is 0.817. The number of nitrogens with two attached hydrogens (primary N) is 2. The summed E-state index contributed by atoms with van der Waals surface area (Å²) in [6.45, 7) is 3.76. The van der Waals surface area contributed by atoms with Gasteiger partial charge in [-0.2, -0.15) is 0 Å². The predicted octanol–water partition coefficient (Wildman–Crippen LogP) is 1.95. The summed E-state index contributed by atoms with van der Waals surface area (Å²) >= 11 is 0. The summed E-state index contributed by atoms with van der Waals surface area (Å²) in [5.74, 6) is 0. The van der Waals surface area contributed by atoms with E-state index in [2.05, 4.69) is 0 Å². The van der Waals surface area contributed by atoms with Crippen LogP contribution in [0.4, 0.5) is 4.79 Å². The van der Waals surface area contributed by atoms with Crippen molar-refractivity contribution in [1.82, 2.24) is 0 Å². The summed E-state index contributed by atoms with van der Waals surface area (Å²) in [6.07, 6.45) is -0.642. The maximum absolute atomic E-state index is 10.8. The molecule has 0 aliphatic rings. The lowest BCUT2D eigenvalue weighted by Gasteiger charge is -2.25. The molecule has 1 aromatic rings. The van der Waals surface area contributed by atoms with Crippen molar-refractivity contribution in [3.63, 3.8) is 0 Å². The molecule has 4 N–H and O–H groups in total. The van der Waals surface area contributed by atoms with E-state index in [9.17, 15) is 4.79 Å². The maximum atomic E-state index is 10.8. The zero-order valence-corrected chi connectivity index (χ0v) is 9.64. The molecule has 16 heavy (non-hydrogen) atoms. The van der Waals surface area contributed by atoms with Crippen molar-refractivity contribution in [2.75, 3.05) is 0 Å². The Kier molecular flexibility index (Phi) is 3.90. The van der Waals surface area contributed by atoms with Gasteiger partial charge in [-0.3, -0.25) is 0 Å². The van der Waals surface area contributed by atoms with Crippen molar-refractivity contribution >= 4 is 6.09 Å². The number of carbonyl (C=O) groups is 1. The first-order valence-corrected chi connectivity index (χ1v) is 5.18. The Labute approximate surface area is 95.6 Å². The first-order chi connectivity index (χ1) is 7.38. The van der Waals surface area contributed by atoms with Crippen molar-refractivity contribution in [3.8, 4) is 0 Å². The van der Waals surface area contributed by atoms with E-state index in [0.717, 1.165) is 5.56 Å². The van der Waals surface area contributed by atoms with Crippen molar-refractivity contribution in [2.24, 2.45) is 11.5 Å². The highest BCUT2D eigenvalue weighted by molar-refractivity contribution is 5.65. The molecule has 1 atom stereocenters. The molecule has 88 valence electrons. The van der Waals surface area contributed by atoms with E-state index in [-0.39, 0.29) is 0 Å². The lowest BCUT2D eigenvalue weighted by Crippen LogP contribution is -2.35. The maximum Gasteiger partial charge on any atom is 0.405 e. The molecule has 0 aromatic heterocycles. The molecule has 1 amide bonds. The second-order valence-corrected chi connectivity index (χ2v) is 4.53. The van der Waals surface area contributed by atoms with E-state index in [1.165, 1.54) is 0 Å². The van der Waals surface area contributed by atoms with Gasteiger partial charge in [0.05, 0.1) is 0 Å². The Morgan fingerprint density at radius 3 is 2.38 bits per heavy atom. The summed E-state index contributed by atoms with van der Waals surface area (Å²) in [7, 11) is 0. The van der Waals surface area contributed by atoms with E-state index >= 15 is 0 Å². The first kappa shape index (κ1) is 12.5. The zero-order valence-electron chi connectivity index (χ0n) is 9.64. The molecule has 1 aromatic carbocycles. The van der Waals surface area contributed by atoms with Crippen molar-refractivity contribution in [2.45, 2.75) is 31.9 Å². The van der Waals surface area contributed by atoms with Gasteiger partial charge < -0.3 is 16.2 Å². The second-order valence-electron chi connectivity index (χ2n) is 4.53. The smallest absolute Gasteiger partial charge is 0.405 e. The average molecular weight is 222 g/mol. The van der Waals surface area contributed by atoms with E-state index in [1.54, 1.807) is 0 Å². The molecule has 0 aliphatic heterocycles. The fourth-order valence-corrected chi connectivity index (χ4v) is 1.51. The van der Waals surface area contributed by atoms with Crippen LogP contribution >= 0.6 is 0 Å². The third-order valence-electron chi connectivity index (χ3n) is 2.14. The number of rotatable bonds is 4. The summed E-state index contributed by atoms with van der Waals surface area (Å²) in [5, 5.41) is 0. The summed E-state index contributed by atoms with van der Waals surface area (Å²) in [6, 6.07) is 9.45. The topological polar surface area (TPSA) is 78.3 Å². The highest BCUT2D eigenvalue weighted by Gasteiger charge is 2.23. The van der Waals surface area contributed by atoms with Crippen LogP contribution in [-0.4, -0.2) is 11.6 Å². The normalized spacial score (nSPS) is 13.2. The minimum Gasteiger partial charge on any atom is -0.441 e. The minimum atomic E-state index is -0.780. The number of hydrogen-bond donors (Lipinski definition) is 2. The van der Waals surface area contributed by atoms with Crippen LogP contribution in [-0.2, 0) is 4.74 Å². The third-order valence-corrected chi connectivity index (χ3v) is 2.14. The molecule has 0 heterocycles. The lowest BCUT2D eigenvalue weighted by molar-refractivity contribution is 0.0893. The molecule has 4 nitrogen and oxygen atoms in total. The molecule has 0 saturated carbocycles. The van der Waals surface area contributed by atoms with Crippen LogP contribution < -0.4 is 11.5 Å². The molecule has 1 unspecified atom stereocenters. The Balaban J connectivity index is 2.84. The van der Waals surface area contributed by atoms with E-state index in [1.807, 2.05) is 44.2 Å². The molecular formula is C12H18N2O2. The van der Waals surface area contributed by atoms with Crippen LogP contribution in [0.15, 0.2) is 30.3 Å². The Morgan fingerprint density at radius 1 is 1.38 bits per heavy atom. The Bertz CT molecular complexity index is 344. The van der Waals surface area contributed by atoms with Crippen LogP contribution in [0.3, 0.4) is 0 Å². The fraction of sp³-hybridized carbons (Fsp3) is 0.417. The van der Waals surface area contributed by atoms with Gasteiger partial charge in [0.2, 0.25) is 0 Å².